The molecule has 6 heteroatoms. The van der Waals surface area contributed by atoms with Crippen molar-refractivity contribution in [3.8, 4) is 0 Å². The number of aromatic nitrogens is 2. The van der Waals surface area contributed by atoms with Crippen LogP contribution in [0, 0.1) is 5.92 Å². The van der Waals surface area contributed by atoms with Gasteiger partial charge in [0.2, 0.25) is 0 Å². The summed E-state index contributed by atoms with van der Waals surface area (Å²) in [6.45, 7) is 3.23. The fourth-order valence-electron chi connectivity index (χ4n) is 3.68. The van der Waals surface area contributed by atoms with Crippen LogP contribution in [0.4, 0.5) is 4.79 Å². The molecule has 0 radical (unpaired) electrons. The third-order valence-corrected chi connectivity index (χ3v) is 5.26. The molecule has 1 aliphatic carbocycles. The zero-order valence-electron chi connectivity index (χ0n) is 12.9. The number of carbonyl (C=O) groups is 1. The molecule has 1 N–H and O–H groups in total. The number of hydrogen-bond donors (Lipinski definition) is 1. The van der Waals surface area contributed by atoms with Crippen LogP contribution in [0.5, 0.6) is 0 Å². The summed E-state index contributed by atoms with van der Waals surface area (Å²) >= 11 is 0. The summed E-state index contributed by atoms with van der Waals surface area (Å²) in [6, 6.07) is 2.74. The van der Waals surface area contributed by atoms with Crippen molar-refractivity contribution in [2.45, 2.75) is 37.6 Å². The number of aliphatic hydroxyl groups is 1. The number of aliphatic hydroxyl groups excluding tert-OH is 1. The molecule has 6 nitrogen and oxygen atoms in total. The van der Waals surface area contributed by atoms with E-state index in [1.807, 2.05) is 16.0 Å². The first-order chi connectivity index (χ1) is 10.8. The van der Waals surface area contributed by atoms with Gasteiger partial charge in [0, 0.05) is 56.5 Å². The lowest BCUT2D eigenvalue weighted by Crippen LogP contribution is -2.57. The van der Waals surface area contributed by atoms with Gasteiger partial charge in [0.1, 0.15) is 0 Å². The Hall–Kier alpha value is -1.56. The maximum absolute atomic E-state index is 12.4. The Balaban J connectivity index is 1.32. The fourth-order valence-corrected chi connectivity index (χ4v) is 3.68. The Labute approximate surface area is 130 Å². The number of urea groups is 1. The Kier molecular flexibility index (Phi) is 3.56. The molecule has 3 fully saturated rings. The highest BCUT2D eigenvalue weighted by molar-refractivity contribution is 5.75. The van der Waals surface area contributed by atoms with E-state index in [1.54, 1.807) is 0 Å². The van der Waals surface area contributed by atoms with E-state index in [-0.39, 0.29) is 18.6 Å². The summed E-state index contributed by atoms with van der Waals surface area (Å²) in [4.78, 5) is 16.2. The molecular formula is C16H24N4O2. The van der Waals surface area contributed by atoms with Crippen LogP contribution in [0.1, 0.15) is 43.3 Å². The molecule has 0 bridgehead atoms. The predicted molar refractivity (Wildman–Crippen MR) is 81.6 cm³/mol. The first-order valence-electron chi connectivity index (χ1n) is 8.44. The molecule has 0 unspecified atom stereocenters. The SMILES string of the molecule is O=C(N1CCC(n2nccc2C2CC2)CC1)N1CC(CO)C1. The van der Waals surface area contributed by atoms with Crippen LogP contribution in [0.25, 0.3) is 0 Å². The number of hydrogen-bond acceptors (Lipinski definition) is 3. The van der Waals surface area contributed by atoms with Gasteiger partial charge in [0.05, 0.1) is 6.04 Å². The largest absolute Gasteiger partial charge is 0.396 e. The third-order valence-electron chi connectivity index (χ3n) is 5.26. The first kappa shape index (κ1) is 14.1. The highest BCUT2D eigenvalue weighted by atomic mass is 16.3. The Morgan fingerprint density at radius 2 is 1.91 bits per heavy atom. The molecule has 2 saturated heterocycles. The summed E-state index contributed by atoms with van der Waals surface area (Å²) in [6.07, 6.45) is 6.49. The molecule has 22 heavy (non-hydrogen) atoms. The number of rotatable bonds is 3. The van der Waals surface area contributed by atoms with Gasteiger partial charge in [-0.2, -0.15) is 5.10 Å². The molecule has 0 spiro atoms. The highest BCUT2D eigenvalue weighted by Crippen LogP contribution is 2.41. The number of amides is 2. The molecule has 0 aromatic carbocycles. The van der Waals surface area contributed by atoms with Crippen molar-refractivity contribution in [1.29, 1.82) is 0 Å². The van der Waals surface area contributed by atoms with Gasteiger partial charge in [-0.15, -0.1) is 0 Å². The van der Waals surface area contributed by atoms with Gasteiger partial charge in [-0.1, -0.05) is 0 Å². The van der Waals surface area contributed by atoms with Gasteiger partial charge in [0.15, 0.2) is 0 Å². The minimum atomic E-state index is 0.144. The highest BCUT2D eigenvalue weighted by Gasteiger charge is 2.35. The van der Waals surface area contributed by atoms with Crippen LogP contribution in [-0.4, -0.2) is 63.5 Å². The molecule has 0 atom stereocenters. The van der Waals surface area contributed by atoms with Gasteiger partial charge in [0.25, 0.3) is 0 Å². The molecule has 1 aromatic heterocycles. The van der Waals surface area contributed by atoms with Crippen molar-refractivity contribution >= 4 is 6.03 Å². The quantitative estimate of drug-likeness (QED) is 0.919. The Morgan fingerprint density at radius 1 is 1.18 bits per heavy atom. The van der Waals surface area contributed by atoms with Crippen LogP contribution in [0.15, 0.2) is 12.3 Å². The fraction of sp³-hybridized carbons (Fsp3) is 0.750. The molecule has 1 aromatic rings. The van der Waals surface area contributed by atoms with Crippen molar-refractivity contribution in [2.75, 3.05) is 32.8 Å². The van der Waals surface area contributed by atoms with Crippen molar-refractivity contribution < 1.29 is 9.90 Å². The third kappa shape index (κ3) is 2.49. The minimum Gasteiger partial charge on any atom is -0.396 e. The van der Waals surface area contributed by atoms with Crippen molar-refractivity contribution in [2.24, 2.45) is 5.92 Å². The van der Waals surface area contributed by atoms with E-state index in [9.17, 15) is 4.79 Å². The predicted octanol–water partition coefficient (Wildman–Crippen LogP) is 1.44. The summed E-state index contributed by atoms with van der Waals surface area (Å²) < 4.78 is 2.21. The Morgan fingerprint density at radius 3 is 2.55 bits per heavy atom. The minimum absolute atomic E-state index is 0.144. The topological polar surface area (TPSA) is 61.6 Å². The van der Waals surface area contributed by atoms with E-state index in [4.69, 9.17) is 5.11 Å². The summed E-state index contributed by atoms with van der Waals surface area (Å²) in [5.74, 6) is 1.00. The van der Waals surface area contributed by atoms with Crippen LogP contribution in [-0.2, 0) is 0 Å². The molecule has 1 saturated carbocycles. The van der Waals surface area contributed by atoms with Crippen molar-refractivity contribution in [1.82, 2.24) is 19.6 Å². The standard InChI is InChI=1S/C16H24N4O2/c21-11-12-9-19(10-12)16(22)18-7-4-14(5-8-18)20-15(3-6-17-20)13-1-2-13/h3,6,12-14,21H,1-2,4-5,7-11H2. The second kappa shape index (κ2) is 5.57. The van der Waals surface area contributed by atoms with E-state index in [0.717, 1.165) is 31.8 Å². The van der Waals surface area contributed by atoms with Crippen LogP contribution in [0.2, 0.25) is 0 Å². The zero-order valence-corrected chi connectivity index (χ0v) is 12.9. The maximum Gasteiger partial charge on any atom is 0.320 e. The monoisotopic (exact) mass is 304 g/mol. The van der Waals surface area contributed by atoms with E-state index < -0.39 is 0 Å². The molecule has 120 valence electrons. The van der Waals surface area contributed by atoms with Gasteiger partial charge < -0.3 is 14.9 Å². The van der Waals surface area contributed by atoms with Gasteiger partial charge in [-0.25, -0.2) is 4.79 Å². The summed E-state index contributed by atoms with van der Waals surface area (Å²) in [5.41, 5.74) is 1.39. The number of likely N-dealkylation sites (tertiary alicyclic amines) is 2. The molecule has 2 aliphatic heterocycles. The molecule has 2 amide bonds. The van der Waals surface area contributed by atoms with Crippen LogP contribution in [0.3, 0.4) is 0 Å². The Bertz CT molecular complexity index is 540. The number of nitrogens with zero attached hydrogens (tertiary/aromatic N) is 4. The molecular weight excluding hydrogens is 280 g/mol. The maximum atomic E-state index is 12.4. The van der Waals surface area contributed by atoms with Gasteiger partial charge in [-0.3, -0.25) is 4.68 Å². The summed E-state index contributed by atoms with van der Waals surface area (Å²) in [7, 11) is 0. The van der Waals surface area contributed by atoms with Crippen LogP contribution < -0.4 is 0 Å². The normalized spacial score (nSPS) is 23.7. The number of piperidine rings is 1. The van der Waals surface area contributed by atoms with E-state index in [0.29, 0.717) is 19.1 Å². The average molecular weight is 304 g/mol. The van der Waals surface area contributed by atoms with E-state index in [1.165, 1.54) is 18.5 Å². The zero-order chi connectivity index (χ0) is 15.1. The van der Waals surface area contributed by atoms with Gasteiger partial charge in [-0.05, 0) is 31.7 Å². The molecule has 3 heterocycles. The van der Waals surface area contributed by atoms with E-state index in [2.05, 4.69) is 15.8 Å². The second-order valence-electron chi connectivity index (χ2n) is 6.93. The van der Waals surface area contributed by atoms with Gasteiger partial charge >= 0.3 is 6.03 Å². The van der Waals surface area contributed by atoms with Crippen molar-refractivity contribution in [3.63, 3.8) is 0 Å². The second-order valence-corrected chi connectivity index (χ2v) is 6.93. The summed E-state index contributed by atoms with van der Waals surface area (Å²) in [5, 5.41) is 13.6. The molecule has 3 aliphatic rings. The van der Waals surface area contributed by atoms with Crippen LogP contribution >= 0.6 is 0 Å². The number of carbonyl (C=O) groups excluding carboxylic acids is 1. The lowest BCUT2D eigenvalue weighted by molar-refractivity contribution is 0.0532. The lowest BCUT2D eigenvalue weighted by Gasteiger charge is -2.43. The lowest BCUT2D eigenvalue weighted by atomic mass is 10.0. The smallest absolute Gasteiger partial charge is 0.320 e. The molecule has 4 rings (SSSR count). The average Bonchev–Trinajstić information content (AvgIpc) is 3.23. The van der Waals surface area contributed by atoms with Crippen molar-refractivity contribution in [3.05, 3.63) is 18.0 Å². The van der Waals surface area contributed by atoms with E-state index >= 15 is 0 Å². The first-order valence-corrected chi connectivity index (χ1v) is 8.44.